The lowest BCUT2D eigenvalue weighted by atomic mass is 10.0. The van der Waals surface area contributed by atoms with E-state index in [1.165, 1.54) is 6.07 Å². The number of anilines is 1. The van der Waals surface area contributed by atoms with Crippen molar-refractivity contribution in [2.75, 3.05) is 64.3 Å². The molecule has 12 heteroatoms. The molecule has 260 valence electrons. The van der Waals surface area contributed by atoms with Gasteiger partial charge in [-0.25, -0.2) is 9.59 Å². The van der Waals surface area contributed by atoms with Crippen LogP contribution in [0.4, 0.5) is 15.3 Å². The zero-order valence-corrected chi connectivity index (χ0v) is 28.2. The molecule has 0 spiro atoms. The predicted octanol–water partition coefficient (Wildman–Crippen LogP) is 3.46. The number of nitrogens with zero attached hydrogens (tertiary/aromatic N) is 5. The number of hydrogen-bond acceptors (Lipinski definition) is 7. The number of piperidine rings is 1. The Hall–Kier alpha value is -4.42. The Labute approximate surface area is 286 Å². The first-order valence-corrected chi connectivity index (χ1v) is 17.6. The number of likely N-dealkylation sites (tertiary alicyclic amines) is 1. The summed E-state index contributed by atoms with van der Waals surface area (Å²) in [6.07, 6.45) is 2.80. The molecule has 3 saturated heterocycles. The summed E-state index contributed by atoms with van der Waals surface area (Å²) in [6, 6.07) is 17.3. The molecule has 1 atom stereocenters. The first kappa shape index (κ1) is 33.1. The second kappa shape index (κ2) is 14.6. The molecule has 1 aromatic heterocycles. The molecule has 5 heterocycles. The number of fused-ring (bicyclic) bond motifs is 2. The number of amides is 4. The minimum absolute atomic E-state index is 0.0105. The van der Waals surface area contributed by atoms with E-state index in [4.69, 9.17) is 9.47 Å². The number of benzene rings is 2. The van der Waals surface area contributed by atoms with Gasteiger partial charge in [0.1, 0.15) is 0 Å². The highest BCUT2D eigenvalue weighted by atomic mass is 16.6. The molecule has 4 aliphatic rings. The summed E-state index contributed by atoms with van der Waals surface area (Å²) in [6.45, 7) is 5.78. The molecule has 0 bridgehead atoms. The first-order chi connectivity index (χ1) is 23.8. The van der Waals surface area contributed by atoms with Crippen LogP contribution in [-0.4, -0.2) is 119 Å². The Morgan fingerprint density at radius 2 is 1.61 bits per heavy atom. The van der Waals surface area contributed by atoms with Crippen molar-refractivity contribution in [1.82, 2.24) is 24.2 Å². The Morgan fingerprint density at radius 1 is 0.857 bits per heavy atom. The van der Waals surface area contributed by atoms with Crippen molar-refractivity contribution >= 4 is 34.6 Å². The van der Waals surface area contributed by atoms with Gasteiger partial charge in [-0.1, -0.05) is 24.3 Å². The molecule has 1 N–H and O–H groups in total. The fraction of sp³-hybridized carbons (Fsp3) is 0.514. The fourth-order valence-electron chi connectivity index (χ4n) is 7.81. The molecule has 4 aliphatic heterocycles. The Bertz CT molecular complexity index is 1740. The number of urea groups is 1. The maximum atomic E-state index is 14.1. The van der Waals surface area contributed by atoms with Gasteiger partial charge in [0.2, 0.25) is 0 Å². The van der Waals surface area contributed by atoms with E-state index in [-0.39, 0.29) is 30.0 Å². The molecule has 0 aliphatic carbocycles. The second-order valence-electron chi connectivity index (χ2n) is 13.7. The van der Waals surface area contributed by atoms with Crippen LogP contribution in [0.5, 0.6) is 0 Å². The van der Waals surface area contributed by atoms with Crippen molar-refractivity contribution in [2.45, 2.75) is 56.7 Å². The highest BCUT2D eigenvalue weighted by Gasteiger charge is 2.36. The van der Waals surface area contributed by atoms with Crippen molar-refractivity contribution in [1.29, 1.82) is 0 Å². The highest BCUT2D eigenvalue weighted by molar-refractivity contribution is 5.91. The van der Waals surface area contributed by atoms with Crippen LogP contribution in [0.25, 0.3) is 10.9 Å². The summed E-state index contributed by atoms with van der Waals surface area (Å²) in [5, 5.41) is 3.93. The summed E-state index contributed by atoms with van der Waals surface area (Å²) in [5.41, 5.74) is 3.53. The average molecular weight is 671 g/mol. The molecular formula is C37H46N6O6. The van der Waals surface area contributed by atoms with Crippen molar-refractivity contribution in [3.8, 4) is 0 Å². The van der Waals surface area contributed by atoms with E-state index in [1.807, 2.05) is 52.3 Å². The zero-order valence-electron chi connectivity index (χ0n) is 28.2. The van der Waals surface area contributed by atoms with Crippen LogP contribution in [0.15, 0.2) is 59.4 Å². The van der Waals surface area contributed by atoms with Crippen LogP contribution in [0, 0.1) is 0 Å². The third-order valence-electron chi connectivity index (χ3n) is 10.8. The van der Waals surface area contributed by atoms with Crippen LogP contribution < -0.4 is 10.9 Å². The third kappa shape index (κ3) is 7.30. The van der Waals surface area contributed by atoms with Crippen LogP contribution >= 0.6 is 0 Å². The zero-order chi connectivity index (χ0) is 33.9. The van der Waals surface area contributed by atoms with Gasteiger partial charge in [0.05, 0.1) is 5.52 Å². The lowest BCUT2D eigenvalue weighted by Gasteiger charge is -2.41. The largest absolute Gasteiger partial charge is 0.436 e. The summed E-state index contributed by atoms with van der Waals surface area (Å²) >= 11 is 0. The van der Waals surface area contributed by atoms with Gasteiger partial charge in [-0.15, -0.1) is 0 Å². The third-order valence-corrected chi connectivity index (χ3v) is 10.8. The number of aromatic nitrogens is 1. The molecule has 7 rings (SSSR count). The molecule has 3 aromatic rings. The number of rotatable bonds is 6. The van der Waals surface area contributed by atoms with E-state index in [1.54, 1.807) is 22.6 Å². The number of hydrogen-bond donors (Lipinski definition) is 1. The van der Waals surface area contributed by atoms with Gasteiger partial charge in [-0.2, -0.15) is 0 Å². The fourth-order valence-corrected chi connectivity index (χ4v) is 7.81. The number of pyridine rings is 1. The number of carbonyl (C=O) groups excluding carboxylic acids is 3. The predicted molar refractivity (Wildman–Crippen MR) is 186 cm³/mol. The molecule has 49 heavy (non-hydrogen) atoms. The lowest BCUT2D eigenvalue weighted by Crippen LogP contribution is -2.56. The van der Waals surface area contributed by atoms with E-state index in [2.05, 4.69) is 10.2 Å². The van der Waals surface area contributed by atoms with E-state index in [0.717, 1.165) is 73.3 Å². The van der Waals surface area contributed by atoms with Gasteiger partial charge < -0.3 is 34.1 Å². The van der Waals surface area contributed by atoms with Gasteiger partial charge >= 0.3 is 12.1 Å². The first-order valence-electron chi connectivity index (χ1n) is 17.6. The smallest absolute Gasteiger partial charge is 0.410 e. The minimum atomic E-state index is -0.986. The second-order valence-corrected chi connectivity index (χ2v) is 13.7. The summed E-state index contributed by atoms with van der Waals surface area (Å²) < 4.78 is 13.2. The number of piperazine rings is 1. The standard InChI is InChI=1S/C37H46N6O6/c1-39-32-8-6-26(24-28(32)7-9-34(39)44)25-33(35(45)41-20-18-40(19-21-41)29-13-22-48-23-14-29)49-37(47)42-15-11-30(12-16-42)43-17-10-27-4-2-3-5-31(27)38-36(43)46/h2-9,24,29-30,33H,10-23,25H2,1H3,(H,38,46)/t33-/m1/s1. The number of para-hydroxylation sites is 1. The topological polar surface area (TPSA) is 117 Å². The van der Waals surface area contributed by atoms with E-state index in [9.17, 15) is 19.2 Å². The summed E-state index contributed by atoms with van der Waals surface area (Å²) in [5.74, 6) is -0.184. The molecule has 0 radical (unpaired) electrons. The molecule has 2 aromatic carbocycles. The van der Waals surface area contributed by atoms with Gasteiger partial charge in [0.15, 0.2) is 6.10 Å². The summed E-state index contributed by atoms with van der Waals surface area (Å²) in [7, 11) is 1.74. The monoisotopic (exact) mass is 670 g/mol. The van der Waals surface area contributed by atoms with E-state index >= 15 is 0 Å². The van der Waals surface area contributed by atoms with Crippen molar-refractivity contribution < 1.29 is 23.9 Å². The molecule has 12 nitrogen and oxygen atoms in total. The molecule has 0 unspecified atom stereocenters. The maximum Gasteiger partial charge on any atom is 0.410 e. The number of aryl methyl sites for hydroxylation is 1. The Kier molecular flexibility index (Phi) is 9.86. The summed E-state index contributed by atoms with van der Waals surface area (Å²) in [4.78, 5) is 60.9. The Balaban J connectivity index is 1.02. The van der Waals surface area contributed by atoms with Crippen LogP contribution in [0.2, 0.25) is 0 Å². The highest BCUT2D eigenvalue weighted by Crippen LogP contribution is 2.26. The molecule has 3 fully saturated rings. The molecule has 4 amide bonds. The van der Waals surface area contributed by atoms with Gasteiger partial charge in [0, 0.05) is 96.3 Å². The number of nitrogens with one attached hydrogen (secondary N) is 1. The average Bonchev–Trinajstić information content (AvgIpc) is 3.31. The van der Waals surface area contributed by atoms with Gasteiger partial charge in [-0.05, 0) is 72.9 Å². The number of carbonyl (C=O) groups is 3. The molecular weight excluding hydrogens is 624 g/mol. The van der Waals surface area contributed by atoms with Gasteiger partial charge in [-0.3, -0.25) is 14.5 Å². The lowest BCUT2D eigenvalue weighted by molar-refractivity contribution is -0.143. The molecule has 0 saturated carbocycles. The van der Waals surface area contributed by atoms with Crippen molar-refractivity contribution in [3.05, 3.63) is 76.1 Å². The van der Waals surface area contributed by atoms with E-state index < -0.39 is 12.2 Å². The SMILES string of the molecule is Cn1c(=O)ccc2cc(C[C@@H](OC(=O)N3CCC(N4CCc5ccccc5NC4=O)CC3)C(=O)N3CCN(C4CCOCC4)CC3)ccc21. The quantitative estimate of drug-likeness (QED) is 0.427. The van der Waals surface area contributed by atoms with Gasteiger partial charge in [0.25, 0.3) is 11.5 Å². The normalized spacial score (nSPS) is 20.4. The van der Waals surface area contributed by atoms with Crippen molar-refractivity contribution in [3.63, 3.8) is 0 Å². The van der Waals surface area contributed by atoms with Crippen LogP contribution in [0.3, 0.4) is 0 Å². The minimum Gasteiger partial charge on any atom is -0.436 e. The van der Waals surface area contributed by atoms with Crippen LogP contribution in [0.1, 0.15) is 36.8 Å². The Morgan fingerprint density at radius 3 is 2.39 bits per heavy atom. The number of ether oxygens (including phenoxy) is 2. The van der Waals surface area contributed by atoms with E-state index in [0.29, 0.717) is 51.6 Å². The van der Waals surface area contributed by atoms with Crippen molar-refractivity contribution in [2.24, 2.45) is 7.05 Å². The maximum absolute atomic E-state index is 14.1. The van der Waals surface area contributed by atoms with Crippen LogP contribution in [-0.2, 0) is 34.2 Å².